The van der Waals surface area contributed by atoms with Crippen LogP contribution in [0.5, 0.6) is 0 Å². The van der Waals surface area contributed by atoms with Crippen LogP contribution in [0.3, 0.4) is 0 Å². The number of rotatable bonds is 3. The van der Waals surface area contributed by atoms with E-state index >= 15 is 0 Å². The molecule has 4 nitrogen and oxygen atoms in total. The maximum atomic E-state index is 12.4. The van der Waals surface area contributed by atoms with Crippen molar-refractivity contribution in [2.75, 3.05) is 5.32 Å². The van der Waals surface area contributed by atoms with Crippen LogP contribution in [0.4, 0.5) is 5.69 Å². The number of hydrogen-bond acceptors (Lipinski definition) is 3. The highest BCUT2D eigenvalue weighted by Crippen LogP contribution is 2.27. The molecule has 1 aromatic carbocycles. The summed E-state index contributed by atoms with van der Waals surface area (Å²) in [5.74, 6) is -0.297. The summed E-state index contributed by atoms with van der Waals surface area (Å²) < 4.78 is 0. The molecule has 1 N–H and O–H groups in total. The van der Waals surface area contributed by atoms with Crippen LogP contribution in [0, 0.1) is 0 Å². The summed E-state index contributed by atoms with van der Waals surface area (Å²) in [6, 6.07) is 14.6. The normalized spacial score (nSPS) is 10.2. The van der Waals surface area contributed by atoms with E-state index in [-0.39, 0.29) is 11.1 Å². The monoisotopic (exact) mass is 309 g/mol. The Hall–Kier alpha value is -2.72. The number of nitrogens with zero attached hydrogens (tertiary/aromatic N) is 2. The average molecular weight is 310 g/mol. The minimum atomic E-state index is -0.297. The number of carbonyl (C=O) groups is 1. The maximum absolute atomic E-state index is 12.4. The van der Waals surface area contributed by atoms with E-state index in [2.05, 4.69) is 15.3 Å². The summed E-state index contributed by atoms with van der Waals surface area (Å²) in [5.41, 5.74) is 2.85. The third-order valence-electron chi connectivity index (χ3n) is 3.15. The van der Waals surface area contributed by atoms with Crippen molar-refractivity contribution in [3.8, 4) is 11.1 Å². The zero-order valence-electron chi connectivity index (χ0n) is 11.5. The minimum Gasteiger partial charge on any atom is -0.321 e. The first-order chi connectivity index (χ1) is 10.8. The van der Waals surface area contributed by atoms with Crippen LogP contribution in [0.2, 0.25) is 5.15 Å². The number of amides is 1. The van der Waals surface area contributed by atoms with Crippen molar-refractivity contribution >= 4 is 23.2 Å². The molecule has 0 aliphatic carbocycles. The lowest BCUT2D eigenvalue weighted by molar-refractivity contribution is 0.102. The minimum absolute atomic E-state index is 0.179. The number of aromatic nitrogens is 2. The van der Waals surface area contributed by atoms with Gasteiger partial charge in [-0.2, -0.15) is 0 Å². The van der Waals surface area contributed by atoms with Gasteiger partial charge in [0.05, 0.1) is 5.56 Å². The van der Waals surface area contributed by atoms with Crippen molar-refractivity contribution in [2.45, 2.75) is 0 Å². The van der Waals surface area contributed by atoms with Crippen LogP contribution >= 0.6 is 11.6 Å². The summed E-state index contributed by atoms with van der Waals surface area (Å²) in [6.45, 7) is 0. The predicted octanol–water partition coefficient (Wildman–Crippen LogP) is 4.05. The molecule has 0 saturated heterocycles. The third-order valence-corrected chi connectivity index (χ3v) is 3.45. The Morgan fingerprint density at radius 1 is 1.00 bits per heavy atom. The average Bonchev–Trinajstić information content (AvgIpc) is 2.56. The molecule has 3 aromatic rings. The van der Waals surface area contributed by atoms with Gasteiger partial charge in [0.2, 0.25) is 0 Å². The van der Waals surface area contributed by atoms with Gasteiger partial charge in [0.25, 0.3) is 5.91 Å². The van der Waals surface area contributed by atoms with Crippen LogP contribution in [-0.4, -0.2) is 15.9 Å². The van der Waals surface area contributed by atoms with Gasteiger partial charge >= 0.3 is 0 Å². The third kappa shape index (κ3) is 2.97. The van der Waals surface area contributed by atoms with Crippen LogP contribution in [0.25, 0.3) is 11.1 Å². The van der Waals surface area contributed by atoms with Crippen LogP contribution in [0.1, 0.15) is 10.4 Å². The number of nitrogens with one attached hydrogen (secondary N) is 1. The molecule has 2 heterocycles. The summed E-state index contributed by atoms with van der Waals surface area (Å²) in [7, 11) is 0. The van der Waals surface area contributed by atoms with Gasteiger partial charge in [-0.3, -0.25) is 9.78 Å². The van der Waals surface area contributed by atoms with E-state index in [9.17, 15) is 4.79 Å². The maximum Gasteiger partial charge on any atom is 0.258 e. The first-order valence-corrected chi connectivity index (χ1v) is 7.05. The number of benzene rings is 1. The lowest BCUT2D eigenvalue weighted by Gasteiger charge is -2.11. The zero-order valence-corrected chi connectivity index (χ0v) is 12.3. The highest BCUT2D eigenvalue weighted by atomic mass is 35.5. The Kier molecular flexibility index (Phi) is 4.12. The van der Waals surface area contributed by atoms with Gasteiger partial charge in [-0.05, 0) is 24.3 Å². The number of para-hydroxylation sites is 1. The second-order valence-electron chi connectivity index (χ2n) is 4.58. The van der Waals surface area contributed by atoms with Gasteiger partial charge in [-0.25, -0.2) is 4.98 Å². The molecule has 3 rings (SSSR count). The van der Waals surface area contributed by atoms with E-state index in [4.69, 9.17) is 11.6 Å². The molecule has 0 atom stereocenters. The predicted molar refractivity (Wildman–Crippen MR) is 86.9 cm³/mol. The molecule has 2 aromatic heterocycles. The van der Waals surface area contributed by atoms with E-state index in [1.54, 1.807) is 30.7 Å². The van der Waals surface area contributed by atoms with Crippen LogP contribution in [-0.2, 0) is 0 Å². The summed E-state index contributed by atoms with van der Waals surface area (Å²) in [4.78, 5) is 20.4. The second kappa shape index (κ2) is 6.37. The van der Waals surface area contributed by atoms with Gasteiger partial charge in [0.15, 0.2) is 0 Å². The Morgan fingerprint density at radius 3 is 2.59 bits per heavy atom. The van der Waals surface area contributed by atoms with E-state index in [0.29, 0.717) is 11.3 Å². The standard InChI is InChI=1S/C17H12ClN3O/c18-16-14(7-4-10-20-16)17(22)21-15-8-2-1-6-13(15)12-5-3-9-19-11-12/h1-11H,(H,21,22). The fourth-order valence-electron chi connectivity index (χ4n) is 2.11. The van der Waals surface area contributed by atoms with Gasteiger partial charge in [-0.15, -0.1) is 0 Å². The fraction of sp³-hybridized carbons (Fsp3) is 0. The number of anilines is 1. The van der Waals surface area contributed by atoms with Crippen molar-refractivity contribution in [1.82, 2.24) is 9.97 Å². The molecule has 0 bridgehead atoms. The van der Waals surface area contributed by atoms with Crippen molar-refractivity contribution in [3.05, 3.63) is 77.8 Å². The summed E-state index contributed by atoms with van der Waals surface area (Å²) >= 11 is 5.96. The number of halogens is 1. The Balaban J connectivity index is 1.94. The molecule has 0 saturated carbocycles. The molecule has 0 aliphatic heterocycles. The molecule has 5 heteroatoms. The Labute approximate surface area is 132 Å². The lowest BCUT2D eigenvalue weighted by Crippen LogP contribution is -2.13. The van der Waals surface area contributed by atoms with Crippen molar-refractivity contribution in [1.29, 1.82) is 0 Å². The molecule has 0 radical (unpaired) electrons. The quantitative estimate of drug-likeness (QED) is 0.743. The molecular formula is C17H12ClN3O. The fourth-order valence-corrected chi connectivity index (χ4v) is 2.32. The number of pyridine rings is 2. The molecular weight excluding hydrogens is 298 g/mol. The SMILES string of the molecule is O=C(Nc1ccccc1-c1cccnc1)c1cccnc1Cl. The lowest BCUT2D eigenvalue weighted by atomic mass is 10.1. The molecule has 0 fully saturated rings. The van der Waals surface area contributed by atoms with Crippen molar-refractivity contribution in [2.24, 2.45) is 0 Å². The van der Waals surface area contributed by atoms with Crippen molar-refractivity contribution in [3.63, 3.8) is 0 Å². The Bertz CT molecular complexity index is 806. The molecule has 0 spiro atoms. The topological polar surface area (TPSA) is 54.9 Å². The molecule has 0 unspecified atom stereocenters. The largest absolute Gasteiger partial charge is 0.321 e. The van der Waals surface area contributed by atoms with Crippen molar-refractivity contribution < 1.29 is 4.79 Å². The van der Waals surface area contributed by atoms with Crippen LogP contribution < -0.4 is 5.32 Å². The smallest absolute Gasteiger partial charge is 0.258 e. The first-order valence-electron chi connectivity index (χ1n) is 6.67. The summed E-state index contributed by atoms with van der Waals surface area (Å²) in [5, 5.41) is 3.05. The van der Waals surface area contributed by atoms with E-state index in [1.807, 2.05) is 36.4 Å². The van der Waals surface area contributed by atoms with Crippen LogP contribution in [0.15, 0.2) is 67.1 Å². The highest BCUT2D eigenvalue weighted by Gasteiger charge is 2.13. The van der Waals surface area contributed by atoms with Gasteiger partial charge in [0, 0.05) is 35.4 Å². The highest BCUT2D eigenvalue weighted by molar-refractivity contribution is 6.33. The van der Waals surface area contributed by atoms with E-state index in [0.717, 1.165) is 11.1 Å². The van der Waals surface area contributed by atoms with E-state index in [1.165, 1.54) is 0 Å². The van der Waals surface area contributed by atoms with E-state index < -0.39 is 0 Å². The van der Waals surface area contributed by atoms with Gasteiger partial charge in [0.1, 0.15) is 5.15 Å². The molecule has 22 heavy (non-hydrogen) atoms. The molecule has 1 amide bonds. The second-order valence-corrected chi connectivity index (χ2v) is 4.94. The number of carbonyl (C=O) groups excluding carboxylic acids is 1. The zero-order chi connectivity index (χ0) is 15.4. The van der Waals surface area contributed by atoms with Gasteiger partial charge in [-0.1, -0.05) is 35.9 Å². The molecule has 0 aliphatic rings. The van der Waals surface area contributed by atoms with Gasteiger partial charge < -0.3 is 5.32 Å². The first kappa shape index (κ1) is 14.2. The summed E-state index contributed by atoms with van der Waals surface area (Å²) in [6.07, 6.45) is 5.00. The Morgan fingerprint density at radius 2 is 1.82 bits per heavy atom. The molecule has 108 valence electrons. The number of hydrogen-bond donors (Lipinski definition) is 1.